The largest absolute Gasteiger partial charge is 0.324 e. The van der Waals surface area contributed by atoms with Gasteiger partial charge in [0.2, 0.25) is 0 Å². The molecule has 3 heteroatoms. The fraction of sp³-hybridized carbons (Fsp3) is 0.333. The van der Waals surface area contributed by atoms with Gasteiger partial charge in [-0.3, -0.25) is 0 Å². The Bertz CT molecular complexity index is 275. The number of rotatable bonds is 2. The summed E-state index contributed by atoms with van der Waals surface area (Å²) in [4.78, 5) is 0. The van der Waals surface area contributed by atoms with Crippen LogP contribution < -0.4 is 5.73 Å². The number of nitrogens with two attached hydrogens (primary N) is 1. The lowest BCUT2D eigenvalue weighted by atomic mass is 10.1. The summed E-state index contributed by atoms with van der Waals surface area (Å²) < 4.78 is 0.908. The molecule has 0 aliphatic heterocycles. The minimum absolute atomic E-state index is 0.0370. The van der Waals surface area contributed by atoms with E-state index in [-0.39, 0.29) is 6.04 Å². The third-order valence-electron chi connectivity index (χ3n) is 1.82. The zero-order valence-electron chi connectivity index (χ0n) is 6.85. The molecule has 0 fully saturated rings. The highest BCUT2D eigenvalue weighted by Gasteiger charge is 2.09. The molecule has 2 N–H and O–H groups in total. The van der Waals surface area contributed by atoms with Gasteiger partial charge in [0.25, 0.3) is 0 Å². The van der Waals surface area contributed by atoms with Gasteiger partial charge in [-0.2, -0.15) is 0 Å². The number of benzene rings is 1. The van der Waals surface area contributed by atoms with Crippen LogP contribution in [-0.2, 0) is 0 Å². The first-order valence-corrected chi connectivity index (χ1v) is 5.03. The highest BCUT2D eigenvalue weighted by molar-refractivity contribution is 9.10. The minimum Gasteiger partial charge on any atom is -0.324 e. The topological polar surface area (TPSA) is 26.0 Å². The molecule has 0 radical (unpaired) electrons. The Morgan fingerprint density at radius 2 is 2.25 bits per heavy atom. The first kappa shape index (κ1) is 10.0. The van der Waals surface area contributed by atoms with Crippen molar-refractivity contribution >= 4 is 27.5 Å². The molecule has 0 unspecified atom stereocenters. The van der Waals surface area contributed by atoms with E-state index in [9.17, 15) is 0 Å². The predicted molar refractivity (Wildman–Crippen MR) is 56.4 cm³/mol. The molecule has 0 bridgehead atoms. The van der Waals surface area contributed by atoms with Crippen LogP contribution in [-0.4, -0.2) is 0 Å². The van der Waals surface area contributed by atoms with E-state index in [1.54, 1.807) is 0 Å². The average molecular weight is 249 g/mol. The molecular weight excluding hydrogens is 237 g/mol. The third kappa shape index (κ3) is 2.00. The first-order chi connectivity index (χ1) is 5.66. The molecule has 1 rings (SSSR count). The van der Waals surface area contributed by atoms with Crippen LogP contribution >= 0.6 is 27.5 Å². The van der Waals surface area contributed by atoms with Gasteiger partial charge in [0.15, 0.2) is 0 Å². The molecule has 0 amide bonds. The molecule has 1 aromatic rings. The van der Waals surface area contributed by atoms with Gasteiger partial charge >= 0.3 is 0 Å². The monoisotopic (exact) mass is 247 g/mol. The summed E-state index contributed by atoms with van der Waals surface area (Å²) in [5.41, 5.74) is 6.87. The maximum Gasteiger partial charge on any atom is 0.0595 e. The smallest absolute Gasteiger partial charge is 0.0595 e. The predicted octanol–water partition coefficient (Wildman–Crippen LogP) is 3.51. The van der Waals surface area contributed by atoms with E-state index < -0.39 is 0 Å². The molecule has 0 saturated heterocycles. The summed E-state index contributed by atoms with van der Waals surface area (Å²) in [6.45, 7) is 2.04. The first-order valence-electron chi connectivity index (χ1n) is 3.86. The van der Waals surface area contributed by atoms with Gasteiger partial charge in [-0.25, -0.2) is 0 Å². The van der Waals surface area contributed by atoms with Gasteiger partial charge in [-0.1, -0.05) is 30.7 Å². The molecule has 0 aliphatic rings. The van der Waals surface area contributed by atoms with Crippen LogP contribution in [0.2, 0.25) is 5.02 Å². The summed E-state index contributed by atoms with van der Waals surface area (Å²) in [5.74, 6) is 0. The second kappa shape index (κ2) is 4.26. The van der Waals surface area contributed by atoms with Crippen LogP contribution in [0, 0.1) is 0 Å². The summed E-state index contributed by atoms with van der Waals surface area (Å²) in [7, 11) is 0. The highest BCUT2D eigenvalue weighted by atomic mass is 79.9. The van der Waals surface area contributed by atoms with Crippen LogP contribution in [0.1, 0.15) is 24.9 Å². The standard InChI is InChI=1S/C9H11BrClN/c1-2-8(12)6-4-3-5-7(10)9(6)11/h3-5,8H,2,12H2,1H3/t8-/m1/s1. The summed E-state index contributed by atoms with van der Waals surface area (Å²) in [6.07, 6.45) is 0.899. The van der Waals surface area contributed by atoms with Crippen molar-refractivity contribution in [2.45, 2.75) is 19.4 Å². The van der Waals surface area contributed by atoms with Crippen molar-refractivity contribution in [2.75, 3.05) is 0 Å². The van der Waals surface area contributed by atoms with Gasteiger partial charge < -0.3 is 5.73 Å². The van der Waals surface area contributed by atoms with Crippen LogP contribution in [0.25, 0.3) is 0 Å². The quantitative estimate of drug-likeness (QED) is 0.851. The molecular formula is C9H11BrClN. The van der Waals surface area contributed by atoms with Gasteiger partial charge in [-0.05, 0) is 34.0 Å². The molecule has 0 aliphatic carbocycles. The maximum atomic E-state index is 6.04. The molecule has 0 saturated carbocycles. The molecule has 0 aromatic heterocycles. The Hall–Kier alpha value is -0.0500. The van der Waals surface area contributed by atoms with Crippen LogP contribution in [0.4, 0.5) is 0 Å². The number of hydrogen-bond donors (Lipinski definition) is 1. The second-order valence-electron chi connectivity index (χ2n) is 2.66. The Kier molecular flexibility index (Phi) is 3.56. The van der Waals surface area contributed by atoms with E-state index >= 15 is 0 Å². The van der Waals surface area contributed by atoms with E-state index in [1.807, 2.05) is 25.1 Å². The molecule has 0 spiro atoms. The zero-order chi connectivity index (χ0) is 9.14. The molecule has 1 aromatic carbocycles. The second-order valence-corrected chi connectivity index (χ2v) is 3.89. The van der Waals surface area contributed by atoms with Crippen molar-refractivity contribution in [3.8, 4) is 0 Å². The summed E-state index contributed by atoms with van der Waals surface area (Å²) in [5, 5.41) is 0.729. The van der Waals surface area contributed by atoms with Crippen LogP contribution in [0.15, 0.2) is 22.7 Å². The maximum absolute atomic E-state index is 6.04. The molecule has 66 valence electrons. The Balaban J connectivity index is 3.07. The molecule has 1 nitrogen and oxygen atoms in total. The molecule has 0 heterocycles. The Morgan fingerprint density at radius 3 is 2.83 bits per heavy atom. The van der Waals surface area contributed by atoms with E-state index in [1.165, 1.54) is 0 Å². The minimum atomic E-state index is 0.0370. The van der Waals surface area contributed by atoms with E-state index in [0.717, 1.165) is 21.5 Å². The zero-order valence-corrected chi connectivity index (χ0v) is 9.19. The lowest BCUT2D eigenvalue weighted by molar-refractivity contribution is 0.698. The summed E-state index contributed by atoms with van der Waals surface area (Å²) in [6, 6.07) is 5.85. The van der Waals surface area contributed by atoms with Gasteiger partial charge in [0.05, 0.1) is 5.02 Å². The van der Waals surface area contributed by atoms with Gasteiger partial charge in [0.1, 0.15) is 0 Å². The Morgan fingerprint density at radius 1 is 1.58 bits per heavy atom. The average Bonchev–Trinajstić information content (AvgIpc) is 2.08. The molecule has 1 atom stereocenters. The number of halogens is 2. The fourth-order valence-electron chi connectivity index (χ4n) is 1.03. The Labute approximate surface area is 86.0 Å². The third-order valence-corrected chi connectivity index (χ3v) is 3.13. The highest BCUT2D eigenvalue weighted by Crippen LogP contribution is 2.30. The van der Waals surface area contributed by atoms with E-state index in [2.05, 4.69) is 15.9 Å². The lowest BCUT2D eigenvalue weighted by Gasteiger charge is -2.11. The fourth-order valence-corrected chi connectivity index (χ4v) is 1.67. The van der Waals surface area contributed by atoms with E-state index in [0.29, 0.717) is 0 Å². The van der Waals surface area contributed by atoms with Crippen molar-refractivity contribution in [1.29, 1.82) is 0 Å². The number of hydrogen-bond acceptors (Lipinski definition) is 1. The molecule has 12 heavy (non-hydrogen) atoms. The normalized spacial score (nSPS) is 13.0. The van der Waals surface area contributed by atoms with Crippen molar-refractivity contribution < 1.29 is 0 Å². The SMILES string of the molecule is CC[C@@H](N)c1cccc(Br)c1Cl. The van der Waals surface area contributed by atoms with E-state index in [4.69, 9.17) is 17.3 Å². The van der Waals surface area contributed by atoms with Gasteiger partial charge in [0, 0.05) is 10.5 Å². The van der Waals surface area contributed by atoms with Crippen molar-refractivity contribution in [1.82, 2.24) is 0 Å². The lowest BCUT2D eigenvalue weighted by Crippen LogP contribution is -2.09. The van der Waals surface area contributed by atoms with Crippen molar-refractivity contribution in [2.24, 2.45) is 5.73 Å². The van der Waals surface area contributed by atoms with Crippen LogP contribution in [0.3, 0.4) is 0 Å². The van der Waals surface area contributed by atoms with Gasteiger partial charge in [-0.15, -0.1) is 0 Å². The van der Waals surface area contributed by atoms with Crippen molar-refractivity contribution in [3.05, 3.63) is 33.3 Å². The van der Waals surface area contributed by atoms with Crippen LogP contribution in [0.5, 0.6) is 0 Å². The van der Waals surface area contributed by atoms with Crippen molar-refractivity contribution in [3.63, 3.8) is 0 Å². The summed E-state index contributed by atoms with van der Waals surface area (Å²) >= 11 is 9.40.